The van der Waals surface area contributed by atoms with Crippen molar-refractivity contribution < 1.29 is 13.7 Å². The van der Waals surface area contributed by atoms with Gasteiger partial charge in [0.2, 0.25) is 17.6 Å². The molecule has 6 nitrogen and oxygen atoms in total. The first kappa shape index (κ1) is 15.7. The number of carbonyl (C=O) groups excluding carboxylic acids is 1. The molecule has 3 aromatic rings. The van der Waals surface area contributed by atoms with E-state index in [4.69, 9.17) is 16.1 Å². The van der Waals surface area contributed by atoms with Gasteiger partial charge in [0.25, 0.3) is 0 Å². The number of amides is 1. The Bertz CT molecular complexity index is 931. The van der Waals surface area contributed by atoms with Crippen LogP contribution in [-0.2, 0) is 4.79 Å². The molecule has 0 bridgehead atoms. The lowest BCUT2D eigenvalue weighted by Crippen LogP contribution is -2.25. The molecular weight excluding hydrogens is 347 g/mol. The lowest BCUT2D eigenvalue weighted by Gasteiger charge is -2.16. The molecule has 0 radical (unpaired) electrons. The largest absolute Gasteiger partial charge is 0.339 e. The molecule has 1 atom stereocenters. The maximum absolute atomic E-state index is 14.1. The normalized spacial score (nSPS) is 17.3. The highest BCUT2D eigenvalue weighted by molar-refractivity contribution is 6.30. The lowest BCUT2D eigenvalue weighted by molar-refractivity contribution is -0.117. The second-order valence-corrected chi connectivity index (χ2v) is 6.11. The second-order valence-electron chi connectivity index (χ2n) is 5.67. The zero-order valence-electron chi connectivity index (χ0n) is 12.9. The summed E-state index contributed by atoms with van der Waals surface area (Å²) < 4.78 is 19.4. The number of carbonyl (C=O) groups is 1. The van der Waals surface area contributed by atoms with E-state index in [2.05, 4.69) is 15.1 Å². The summed E-state index contributed by atoms with van der Waals surface area (Å²) in [4.78, 5) is 22.2. The first-order valence-electron chi connectivity index (χ1n) is 7.62. The Labute approximate surface area is 147 Å². The van der Waals surface area contributed by atoms with Crippen molar-refractivity contribution in [2.45, 2.75) is 12.3 Å². The fraction of sp³-hybridized carbons (Fsp3) is 0.176. The van der Waals surface area contributed by atoms with Gasteiger partial charge < -0.3 is 9.42 Å². The van der Waals surface area contributed by atoms with Gasteiger partial charge in [-0.3, -0.25) is 9.78 Å². The molecule has 1 saturated heterocycles. The number of anilines is 1. The zero-order chi connectivity index (χ0) is 17.4. The summed E-state index contributed by atoms with van der Waals surface area (Å²) >= 11 is 5.76. The molecular formula is C17H12ClFN4O2. The third-order valence-electron chi connectivity index (χ3n) is 4.01. The summed E-state index contributed by atoms with van der Waals surface area (Å²) in [6.45, 7) is 0.265. The summed E-state index contributed by atoms with van der Waals surface area (Å²) in [5, 5.41) is 4.19. The highest BCUT2D eigenvalue weighted by Gasteiger charge is 2.36. The van der Waals surface area contributed by atoms with Gasteiger partial charge in [0.05, 0.1) is 11.6 Å². The average molecular weight is 359 g/mol. The molecule has 1 fully saturated rings. The van der Waals surface area contributed by atoms with Crippen molar-refractivity contribution in [3.8, 4) is 11.5 Å². The maximum atomic E-state index is 14.1. The van der Waals surface area contributed by atoms with Gasteiger partial charge in [0, 0.05) is 24.2 Å². The number of rotatable bonds is 3. The first-order chi connectivity index (χ1) is 12.1. The van der Waals surface area contributed by atoms with E-state index in [1.807, 2.05) is 6.07 Å². The Morgan fingerprint density at radius 1 is 1.28 bits per heavy atom. The Hall–Kier alpha value is -2.80. The van der Waals surface area contributed by atoms with E-state index in [1.54, 1.807) is 24.4 Å². The number of benzene rings is 1. The van der Waals surface area contributed by atoms with Crippen molar-refractivity contribution in [1.82, 2.24) is 15.1 Å². The van der Waals surface area contributed by atoms with Crippen molar-refractivity contribution in [2.24, 2.45) is 0 Å². The van der Waals surface area contributed by atoms with Crippen molar-refractivity contribution in [2.75, 3.05) is 11.4 Å². The minimum atomic E-state index is -0.541. The van der Waals surface area contributed by atoms with E-state index in [9.17, 15) is 9.18 Å². The van der Waals surface area contributed by atoms with Crippen LogP contribution in [0.1, 0.15) is 18.2 Å². The van der Waals surface area contributed by atoms with E-state index >= 15 is 0 Å². The van der Waals surface area contributed by atoms with Crippen LogP contribution >= 0.6 is 11.6 Å². The third kappa shape index (κ3) is 2.98. The van der Waals surface area contributed by atoms with Gasteiger partial charge in [-0.05, 0) is 30.3 Å². The fourth-order valence-electron chi connectivity index (χ4n) is 2.81. The van der Waals surface area contributed by atoms with Crippen LogP contribution in [-0.4, -0.2) is 27.6 Å². The van der Waals surface area contributed by atoms with Gasteiger partial charge in [-0.15, -0.1) is 0 Å². The van der Waals surface area contributed by atoms with Gasteiger partial charge in [-0.2, -0.15) is 4.98 Å². The molecule has 0 spiro atoms. The predicted molar refractivity (Wildman–Crippen MR) is 88.7 cm³/mol. The standard InChI is InChI=1S/C17H12ClFN4O2/c18-11-4-5-14(12(19)8-11)23-9-10(7-15(23)24)17-21-16(22-25-17)13-3-1-2-6-20-13/h1-6,8,10H,7,9H2. The Morgan fingerprint density at radius 3 is 2.92 bits per heavy atom. The van der Waals surface area contributed by atoms with Gasteiger partial charge in [0.15, 0.2) is 0 Å². The highest BCUT2D eigenvalue weighted by atomic mass is 35.5. The van der Waals surface area contributed by atoms with E-state index in [1.165, 1.54) is 17.0 Å². The smallest absolute Gasteiger partial charge is 0.232 e. The Balaban J connectivity index is 1.57. The van der Waals surface area contributed by atoms with E-state index in [0.29, 0.717) is 17.4 Å². The van der Waals surface area contributed by atoms with E-state index in [0.717, 1.165) is 0 Å². The van der Waals surface area contributed by atoms with Gasteiger partial charge in [-0.25, -0.2) is 4.39 Å². The molecule has 0 saturated carbocycles. The molecule has 2 aromatic heterocycles. The fourth-order valence-corrected chi connectivity index (χ4v) is 2.96. The quantitative estimate of drug-likeness (QED) is 0.717. The van der Waals surface area contributed by atoms with Crippen LogP contribution in [0.2, 0.25) is 5.02 Å². The molecule has 1 unspecified atom stereocenters. The van der Waals surface area contributed by atoms with Gasteiger partial charge in [-0.1, -0.05) is 22.8 Å². The minimum absolute atomic E-state index is 0.173. The van der Waals surface area contributed by atoms with Crippen LogP contribution in [0, 0.1) is 5.82 Å². The Morgan fingerprint density at radius 2 is 2.16 bits per heavy atom. The molecule has 1 aliphatic heterocycles. The summed E-state index contributed by atoms with van der Waals surface area (Å²) in [6.07, 6.45) is 1.81. The average Bonchev–Trinajstić information content (AvgIpc) is 3.23. The van der Waals surface area contributed by atoms with Crippen molar-refractivity contribution >= 4 is 23.2 Å². The molecule has 126 valence electrons. The van der Waals surface area contributed by atoms with Crippen molar-refractivity contribution in [3.05, 3.63) is 59.3 Å². The molecule has 8 heteroatoms. The van der Waals surface area contributed by atoms with E-state index < -0.39 is 5.82 Å². The zero-order valence-corrected chi connectivity index (χ0v) is 13.7. The molecule has 1 aromatic carbocycles. The summed E-state index contributed by atoms with van der Waals surface area (Å²) in [5.41, 5.74) is 0.781. The summed E-state index contributed by atoms with van der Waals surface area (Å²) in [7, 11) is 0. The molecule has 4 rings (SSSR count). The topological polar surface area (TPSA) is 72.1 Å². The lowest BCUT2D eigenvalue weighted by atomic mass is 10.1. The molecule has 0 N–H and O–H groups in total. The summed E-state index contributed by atoms with van der Waals surface area (Å²) in [5.74, 6) is -0.345. The van der Waals surface area contributed by atoms with E-state index in [-0.39, 0.29) is 35.5 Å². The van der Waals surface area contributed by atoms with Crippen LogP contribution in [0.3, 0.4) is 0 Å². The predicted octanol–water partition coefficient (Wildman–Crippen LogP) is 3.44. The number of pyridine rings is 1. The van der Waals surface area contributed by atoms with Crippen LogP contribution in [0.4, 0.5) is 10.1 Å². The number of nitrogens with zero attached hydrogens (tertiary/aromatic N) is 4. The highest BCUT2D eigenvalue weighted by Crippen LogP contribution is 2.33. The number of halogens is 2. The molecule has 1 aliphatic rings. The van der Waals surface area contributed by atoms with Gasteiger partial charge >= 0.3 is 0 Å². The molecule has 3 heterocycles. The van der Waals surface area contributed by atoms with Crippen LogP contribution in [0.15, 0.2) is 47.1 Å². The van der Waals surface area contributed by atoms with Gasteiger partial charge in [0.1, 0.15) is 11.5 Å². The number of hydrogen-bond acceptors (Lipinski definition) is 5. The monoisotopic (exact) mass is 358 g/mol. The van der Waals surface area contributed by atoms with Crippen molar-refractivity contribution in [1.29, 1.82) is 0 Å². The second kappa shape index (κ2) is 6.25. The maximum Gasteiger partial charge on any atom is 0.232 e. The number of aromatic nitrogens is 3. The SMILES string of the molecule is O=C1CC(c2nc(-c3ccccn3)no2)CN1c1ccc(Cl)cc1F. The van der Waals surface area contributed by atoms with Crippen LogP contribution < -0.4 is 4.90 Å². The Kier molecular flexibility index (Phi) is 3.93. The minimum Gasteiger partial charge on any atom is -0.339 e. The summed E-state index contributed by atoms with van der Waals surface area (Å²) in [6, 6.07) is 9.60. The third-order valence-corrected chi connectivity index (χ3v) is 4.25. The van der Waals surface area contributed by atoms with Crippen molar-refractivity contribution in [3.63, 3.8) is 0 Å². The molecule has 1 amide bonds. The first-order valence-corrected chi connectivity index (χ1v) is 8.00. The van der Waals surface area contributed by atoms with Crippen LogP contribution in [0.25, 0.3) is 11.5 Å². The molecule has 0 aliphatic carbocycles. The molecule has 25 heavy (non-hydrogen) atoms. The number of hydrogen-bond donors (Lipinski definition) is 0. The van der Waals surface area contributed by atoms with Crippen LogP contribution in [0.5, 0.6) is 0 Å².